The van der Waals surface area contributed by atoms with Crippen LogP contribution in [0.1, 0.15) is 17.5 Å². The van der Waals surface area contributed by atoms with E-state index in [4.69, 9.17) is 9.47 Å². The molecule has 2 aromatic carbocycles. The second-order valence-corrected chi connectivity index (χ2v) is 7.90. The van der Waals surface area contributed by atoms with E-state index in [0.717, 1.165) is 22.0 Å². The van der Waals surface area contributed by atoms with Crippen LogP contribution in [0, 0.1) is 11.7 Å². The molecule has 1 fully saturated rings. The third-order valence-electron chi connectivity index (χ3n) is 5.87. The lowest BCUT2D eigenvalue weighted by atomic mass is 10.1. The maximum atomic E-state index is 13.6. The molecule has 1 saturated heterocycles. The van der Waals surface area contributed by atoms with Gasteiger partial charge < -0.3 is 24.7 Å². The second-order valence-electron chi connectivity index (χ2n) is 7.90. The van der Waals surface area contributed by atoms with Gasteiger partial charge in [0.1, 0.15) is 5.82 Å². The normalized spacial score (nSPS) is 17.5. The number of benzene rings is 2. The summed E-state index contributed by atoms with van der Waals surface area (Å²) in [5.41, 5.74) is 2.73. The zero-order chi connectivity index (χ0) is 21.4. The van der Waals surface area contributed by atoms with Crippen LogP contribution < -0.4 is 14.8 Å². The van der Waals surface area contributed by atoms with E-state index in [2.05, 4.69) is 10.3 Å². The summed E-state index contributed by atoms with van der Waals surface area (Å²) in [6.07, 6.45) is 2.65. The minimum Gasteiger partial charge on any atom is -0.454 e. The van der Waals surface area contributed by atoms with Crippen molar-refractivity contribution in [1.29, 1.82) is 0 Å². The van der Waals surface area contributed by atoms with E-state index in [1.54, 1.807) is 11.0 Å². The van der Waals surface area contributed by atoms with Crippen molar-refractivity contribution in [2.24, 2.45) is 5.92 Å². The number of carbonyl (C=O) groups is 2. The molecule has 7 nitrogen and oxygen atoms in total. The minimum atomic E-state index is -0.373. The number of hydrogen-bond acceptors (Lipinski definition) is 4. The van der Waals surface area contributed by atoms with Gasteiger partial charge in [-0.2, -0.15) is 0 Å². The Balaban J connectivity index is 1.16. The lowest BCUT2D eigenvalue weighted by molar-refractivity contribution is -0.129. The zero-order valence-corrected chi connectivity index (χ0v) is 16.8. The fourth-order valence-corrected chi connectivity index (χ4v) is 4.16. The Kier molecular flexibility index (Phi) is 4.97. The lowest BCUT2D eigenvalue weighted by Gasteiger charge is -2.16. The molecule has 0 saturated carbocycles. The van der Waals surface area contributed by atoms with Gasteiger partial charge in [-0.1, -0.05) is 6.07 Å². The molecule has 0 radical (unpaired) electrons. The maximum Gasteiger partial charge on any atom is 0.231 e. The molecule has 2 aliphatic heterocycles. The highest BCUT2D eigenvalue weighted by Crippen LogP contribution is 2.32. The SMILES string of the molecule is O=C(NCc1ccc2c(c1)OCO2)C1CC(=O)N(CCc2c[nH]c3ccc(F)cc23)C1. The summed E-state index contributed by atoms with van der Waals surface area (Å²) in [7, 11) is 0. The van der Waals surface area contributed by atoms with Crippen molar-refractivity contribution in [2.45, 2.75) is 19.4 Å². The number of fused-ring (bicyclic) bond motifs is 2. The molecule has 2 N–H and O–H groups in total. The number of nitrogens with zero attached hydrogens (tertiary/aromatic N) is 1. The Labute approximate surface area is 178 Å². The van der Waals surface area contributed by atoms with E-state index in [9.17, 15) is 14.0 Å². The molecule has 160 valence electrons. The lowest BCUT2D eigenvalue weighted by Crippen LogP contribution is -2.33. The monoisotopic (exact) mass is 423 g/mol. The second kappa shape index (κ2) is 7.94. The van der Waals surface area contributed by atoms with Gasteiger partial charge in [0.2, 0.25) is 18.6 Å². The third-order valence-corrected chi connectivity index (χ3v) is 5.87. The van der Waals surface area contributed by atoms with E-state index in [0.29, 0.717) is 37.6 Å². The van der Waals surface area contributed by atoms with Crippen LogP contribution in [0.15, 0.2) is 42.6 Å². The zero-order valence-electron chi connectivity index (χ0n) is 16.8. The molecule has 2 aliphatic rings. The first-order chi connectivity index (χ1) is 15.1. The number of nitrogens with one attached hydrogen (secondary N) is 2. The van der Waals surface area contributed by atoms with Crippen LogP contribution in [0.5, 0.6) is 11.5 Å². The molecule has 0 spiro atoms. The Morgan fingerprint density at radius 2 is 2.06 bits per heavy atom. The van der Waals surface area contributed by atoms with Gasteiger partial charge in [0.15, 0.2) is 11.5 Å². The molecule has 31 heavy (non-hydrogen) atoms. The summed E-state index contributed by atoms with van der Waals surface area (Å²) in [6, 6.07) is 10.2. The maximum absolute atomic E-state index is 13.6. The Morgan fingerprint density at radius 3 is 2.97 bits per heavy atom. The summed E-state index contributed by atoms with van der Waals surface area (Å²) in [6.45, 7) is 1.45. The molecular weight excluding hydrogens is 401 g/mol. The number of aromatic amines is 1. The number of amides is 2. The van der Waals surface area contributed by atoms with Crippen LogP contribution in [-0.2, 0) is 22.6 Å². The molecule has 8 heteroatoms. The molecule has 3 aromatic rings. The average molecular weight is 423 g/mol. The van der Waals surface area contributed by atoms with Gasteiger partial charge in [-0.15, -0.1) is 0 Å². The predicted molar refractivity (Wildman–Crippen MR) is 111 cm³/mol. The summed E-state index contributed by atoms with van der Waals surface area (Å²) >= 11 is 0. The topological polar surface area (TPSA) is 83.7 Å². The van der Waals surface area contributed by atoms with Crippen molar-refractivity contribution in [3.8, 4) is 11.5 Å². The third kappa shape index (κ3) is 3.93. The number of H-pyrrole nitrogens is 1. The van der Waals surface area contributed by atoms with E-state index >= 15 is 0 Å². The van der Waals surface area contributed by atoms with Crippen molar-refractivity contribution in [3.63, 3.8) is 0 Å². The van der Waals surface area contributed by atoms with Crippen LogP contribution in [0.25, 0.3) is 10.9 Å². The van der Waals surface area contributed by atoms with Crippen LogP contribution in [-0.4, -0.2) is 41.6 Å². The highest BCUT2D eigenvalue weighted by atomic mass is 19.1. The number of aromatic nitrogens is 1. The molecule has 0 aliphatic carbocycles. The highest BCUT2D eigenvalue weighted by Gasteiger charge is 2.34. The van der Waals surface area contributed by atoms with E-state index in [-0.39, 0.29) is 36.8 Å². The first-order valence-electron chi connectivity index (χ1n) is 10.3. The summed E-state index contributed by atoms with van der Waals surface area (Å²) in [5.74, 6) is 0.542. The molecule has 1 atom stereocenters. The number of halogens is 1. The molecule has 1 aromatic heterocycles. The first-order valence-corrected chi connectivity index (χ1v) is 10.3. The average Bonchev–Trinajstić information content (AvgIpc) is 3.48. The van der Waals surface area contributed by atoms with Crippen molar-refractivity contribution in [3.05, 3.63) is 59.5 Å². The predicted octanol–water partition coefficient (Wildman–Crippen LogP) is 2.74. The van der Waals surface area contributed by atoms with Gasteiger partial charge in [-0.05, 0) is 47.9 Å². The van der Waals surface area contributed by atoms with E-state index in [1.807, 2.05) is 24.4 Å². The van der Waals surface area contributed by atoms with Crippen LogP contribution in [0.2, 0.25) is 0 Å². The van der Waals surface area contributed by atoms with Crippen molar-refractivity contribution in [1.82, 2.24) is 15.2 Å². The summed E-state index contributed by atoms with van der Waals surface area (Å²) in [5, 5.41) is 3.74. The minimum absolute atomic E-state index is 0.0331. The quantitative estimate of drug-likeness (QED) is 0.639. The van der Waals surface area contributed by atoms with Crippen LogP contribution in [0.3, 0.4) is 0 Å². The number of carbonyl (C=O) groups excluding carboxylic acids is 2. The molecule has 3 heterocycles. The molecule has 1 unspecified atom stereocenters. The van der Waals surface area contributed by atoms with E-state index < -0.39 is 0 Å². The van der Waals surface area contributed by atoms with Crippen LogP contribution in [0.4, 0.5) is 4.39 Å². The van der Waals surface area contributed by atoms with E-state index in [1.165, 1.54) is 12.1 Å². The number of hydrogen-bond donors (Lipinski definition) is 2. The highest BCUT2D eigenvalue weighted by molar-refractivity contribution is 5.89. The fraction of sp³-hybridized carbons (Fsp3) is 0.304. The number of ether oxygens (including phenoxy) is 2. The smallest absolute Gasteiger partial charge is 0.231 e. The van der Waals surface area contributed by atoms with Gasteiger partial charge in [-0.3, -0.25) is 9.59 Å². The summed E-state index contributed by atoms with van der Waals surface area (Å²) < 4.78 is 24.2. The standard InChI is InChI=1S/C23H22FN3O4/c24-17-2-3-19-18(9-17)15(11-25-19)5-6-27-12-16(8-22(27)28)23(29)26-10-14-1-4-20-21(7-14)31-13-30-20/h1-4,7,9,11,16,25H,5-6,8,10,12-13H2,(H,26,29). The fourth-order valence-electron chi connectivity index (χ4n) is 4.16. The number of rotatable bonds is 6. The molecular formula is C23H22FN3O4. The van der Waals surface area contributed by atoms with Gasteiger partial charge in [-0.25, -0.2) is 4.39 Å². The molecule has 0 bridgehead atoms. The Bertz CT molecular complexity index is 1160. The molecule has 2 amide bonds. The number of likely N-dealkylation sites (tertiary alicyclic amines) is 1. The molecule has 5 rings (SSSR count). The van der Waals surface area contributed by atoms with Gasteiger partial charge in [0.05, 0.1) is 5.92 Å². The van der Waals surface area contributed by atoms with Crippen LogP contribution >= 0.6 is 0 Å². The van der Waals surface area contributed by atoms with Crippen molar-refractivity contribution >= 4 is 22.7 Å². The Hall–Kier alpha value is -3.55. The van der Waals surface area contributed by atoms with Crippen molar-refractivity contribution < 1.29 is 23.5 Å². The van der Waals surface area contributed by atoms with Gasteiger partial charge >= 0.3 is 0 Å². The Morgan fingerprint density at radius 1 is 1.19 bits per heavy atom. The summed E-state index contributed by atoms with van der Waals surface area (Å²) in [4.78, 5) is 29.8. The van der Waals surface area contributed by atoms with Gasteiger partial charge in [0, 0.05) is 43.2 Å². The largest absolute Gasteiger partial charge is 0.454 e. The first kappa shape index (κ1) is 19.4. The van der Waals surface area contributed by atoms with Crippen molar-refractivity contribution in [2.75, 3.05) is 19.9 Å². The van der Waals surface area contributed by atoms with Gasteiger partial charge in [0.25, 0.3) is 0 Å².